The van der Waals surface area contributed by atoms with E-state index in [9.17, 15) is 4.79 Å². The number of nitrogens with one attached hydrogen (secondary N) is 1. The van der Waals surface area contributed by atoms with Crippen LogP contribution in [0.25, 0.3) is 0 Å². The van der Waals surface area contributed by atoms with E-state index in [0.29, 0.717) is 17.7 Å². The summed E-state index contributed by atoms with van der Waals surface area (Å²) in [4.78, 5) is 12.2. The van der Waals surface area contributed by atoms with Crippen molar-refractivity contribution in [2.75, 3.05) is 18.9 Å². The van der Waals surface area contributed by atoms with Crippen LogP contribution in [0.2, 0.25) is 0 Å². The second-order valence-electron chi connectivity index (χ2n) is 4.20. The van der Waals surface area contributed by atoms with Gasteiger partial charge in [0.2, 0.25) is 0 Å². The predicted molar refractivity (Wildman–Crippen MR) is 82.6 cm³/mol. The normalized spacial score (nSPS) is 11.2. The lowest BCUT2D eigenvalue weighted by atomic mass is 10.0. The van der Waals surface area contributed by atoms with Crippen LogP contribution in [-0.4, -0.2) is 30.3 Å². The number of benzene rings is 1. The highest BCUT2D eigenvalue weighted by Gasteiger charge is 2.28. The average molecular weight is 369 g/mol. The molecule has 106 valence electrons. The summed E-state index contributed by atoms with van der Waals surface area (Å²) in [5.41, 5.74) is -0.0483. The lowest BCUT2D eigenvalue weighted by Crippen LogP contribution is -2.51. The van der Waals surface area contributed by atoms with E-state index in [-0.39, 0.29) is 17.7 Å². The second-order valence-corrected chi connectivity index (χ2v) is 5.59. The average Bonchev–Trinajstić information content (AvgIpc) is 2.44. The van der Waals surface area contributed by atoms with Crippen LogP contribution in [0.15, 0.2) is 22.7 Å². The summed E-state index contributed by atoms with van der Waals surface area (Å²) in [5.74, 6) is 1.02. The molecule has 0 aliphatic heterocycles. The number of ether oxygens (including phenoxy) is 1. The van der Waals surface area contributed by atoms with Crippen molar-refractivity contribution in [3.8, 4) is 5.75 Å². The molecule has 0 radical (unpaired) electrons. The Morgan fingerprint density at radius 2 is 2.05 bits per heavy atom. The van der Waals surface area contributed by atoms with Crippen molar-refractivity contribution in [3.63, 3.8) is 0 Å². The molecular formula is C13H16BrCl2NO2. The molecule has 0 bridgehead atoms. The fourth-order valence-corrected chi connectivity index (χ4v) is 2.84. The van der Waals surface area contributed by atoms with Crippen molar-refractivity contribution in [3.05, 3.63) is 28.2 Å². The van der Waals surface area contributed by atoms with Gasteiger partial charge in [0, 0.05) is 17.3 Å². The lowest BCUT2D eigenvalue weighted by Gasteiger charge is -2.29. The Bertz CT molecular complexity index is 442. The van der Waals surface area contributed by atoms with Gasteiger partial charge in [0.05, 0.1) is 17.1 Å². The first kappa shape index (κ1) is 16.6. The zero-order valence-electron chi connectivity index (χ0n) is 10.8. The highest BCUT2D eigenvalue weighted by atomic mass is 79.9. The van der Waals surface area contributed by atoms with Crippen molar-refractivity contribution < 1.29 is 9.53 Å². The number of hydrogen-bond acceptors (Lipinski definition) is 2. The highest BCUT2D eigenvalue weighted by molar-refractivity contribution is 9.10. The summed E-state index contributed by atoms with van der Waals surface area (Å²) in [7, 11) is 1.57. The van der Waals surface area contributed by atoms with Gasteiger partial charge in [-0.3, -0.25) is 4.79 Å². The van der Waals surface area contributed by atoms with E-state index in [4.69, 9.17) is 27.9 Å². The standard InChI is InChI=1S/C13H16BrCl2NO2/c1-3-13(7-15,8-16)17-12(18)9-4-5-11(19-2)10(14)6-9/h4-6H,3,7-8H2,1-2H3,(H,17,18). The van der Waals surface area contributed by atoms with Crippen molar-refractivity contribution in [2.24, 2.45) is 0 Å². The molecule has 3 nitrogen and oxygen atoms in total. The number of alkyl halides is 2. The molecule has 0 saturated carbocycles. The van der Waals surface area contributed by atoms with Gasteiger partial charge in [0.1, 0.15) is 5.75 Å². The molecule has 0 fully saturated rings. The van der Waals surface area contributed by atoms with Gasteiger partial charge in [-0.2, -0.15) is 0 Å². The summed E-state index contributed by atoms with van der Waals surface area (Å²) < 4.78 is 5.85. The molecule has 0 aliphatic carbocycles. The smallest absolute Gasteiger partial charge is 0.251 e. The lowest BCUT2D eigenvalue weighted by molar-refractivity contribution is 0.0913. The van der Waals surface area contributed by atoms with Gasteiger partial charge in [0.25, 0.3) is 5.91 Å². The first-order valence-electron chi connectivity index (χ1n) is 5.80. The largest absolute Gasteiger partial charge is 0.496 e. The Kier molecular flexibility index (Phi) is 6.43. The first-order chi connectivity index (χ1) is 9.01. The van der Waals surface area contributed by atoms with Gasteiger partial charge in [-0.25, -0.2) is 0 Å². The Balaban J connectivity index is 2.92. The third-order valence-electron chi connectivity index (χ3n) is 2.98. The topological polar surface area (TPSA) is 38.3 Å². The summed E-state index contributed by atoms with van der Waals surface area (Å²) in [6, 6.07) is 5.13. The number of hydrogen-bond donors (Lipinski definition) is 1. The van der Waals surface area contributed by atoms with Gasteiger partial charge >= 0.3 is 0 Å². The molecule has 0 atom stereocenters. The molecule has 0 saturated heterocycles. The third kappa shape index (κ3) is 4.01. The van der Waals surface area contributed by atoms with Crippen LogP contribution in [0.5, 0.6) is 5.75 Å². The quantitative estimate of drug-likeness (QED) is 0.775. The van der Waals surface area contributed by atoms with Crippen molar-refractivity contribution in [1.82, 2.24) is 5.32 Å². The van der Waals surface area contributed by atoms with E-state index in [1.807, 2.05) is 6.92 Å². The summed E-state index contributed by atoms with van der Waals surface area (Å²) in [6.07, 6.45) is 0.670. The number of carbonyl (C=O) groups is 1. The Labute approximate surface area is 131 Å². The van der Waals surface area contributed by atoms with Crippen molar-refractivity contribution in [1.29, 1.82) is 0 Å². The molecule has 1 amide bonds. The van der Waals surface area contributed by atoms with Crippen LogP contribution in [0.1, 0.15) is 23.7 Å². The number of methoxy groups -OCH3 is 1. The first-order valence-corrected chi connectivity index (χ1v) is 7.66. The zero-order chi connectivity index (χ0) is 14.5. The maximum absolute atomic E-state index is 12.2. The van der Waals surface area contributed by atoms with Crippen LogP contribution in [0.3, 0.4) is 0 Å². The molecule has 1 aromatic rings. The van der Waals surface area contributed by atoms with Gasteiger partial charge in [0.15, 0.2) is 0 Å². The number of halogens is 3. The maximum Gasteiger partial charge on any atom is 0.251 e. The van der Waals surface area contributed by atoms with Crippen LogP contribution in [0.4, 0.5) is 0 Å². The van der Waals surface area contributed by atoms with Crippen molar-refractivity contribution in [2.45, 2.75) is 18.9 Å². The highest BCUT2D eigenvalue weighted by Crippen LogP contribution is 2.26. The summed E-state index contributed by atoms with van der Waals surface area (Å²) in [5, 5.41) is 2.90. The molecule has 0 spiro atoms. The molecule has 0 heterocycles. The Morgan fingerprint density at radius 1 is 1.42 bits per heavy atom. The minimum absolute atomic E-state index is 0.202. The fraction of sp³-hybridized carbons (Fsp3) is 0.462. The Hall–Kier alpha value is -0.450. The molecule has 1 aromatic carbocycles. The van der Waals surface area contributed by atoms with E-state index in [2.05, 4.69) is 21.2 Å². The predicted octanol–water partition coefficient (Wildman–Crippen LogP) is 3.81. The van der Waals surface area contributed by atoms with Crippen LogP contribution < -0.4 is 10.1 Å². The minimum atomic E-state index is -0.577. The molecule has 0 unspecified atom stereocenters. The van der Waals surface area contributed by atoms with Crippen molar-refractivity contribution >= 4 is 45.0 Å². The van der Waals surface area contributed by atoms with Gasteiger partial charge < -0.3 is 10.1 Å². The number of amides is 1. The van der Waals surface area contributed by atoms with E-state index in [1.54, 1.807) is 25.3 Å². The molecule has 6 heteroatoms. The molecular weight excluding hydrogens is 353 g/mol. The summed E-state index contributed by atoms with van der Waals surface area (Å²) in [6.45, 7) is 1.94. The van der Waals surface area contributed by atoms with E-state index in [1.165, 1.54) is 0 Å². The fourth-order valence-electron chi connectivity index (χ4n) is 1.50. The molecule has 1 rings (SSSR count). The number of rotatable bonds is 6. The second kappa shape index (κ2) is 7.36. The van der Waals surface area contributed by atoms with Crippen LogP contribution >= 0.6 is 39.1 Å². The summed E-state index contributed by atoms with van der Waals surface area (Å²) >= 11 is 15.2. The zero-order valence-corrected chi connectivity index (χ0v) is 13.9. The SMILES string of the molecule is CCC(CCl)(CCl)NC(=O)c1ccc(OC)c(Br)c1. The van der Waals surface area contributed by atoms with Gasteiger partial charge in [-0.1, -0.05) is 6.92 Å². The van der Waals surface area contributed by atoms with Gasteiger partial charge in [-0.15, -0.1) is 23.2 Å². The minimum Gasteiger partial charge on any atom is -0.496 e. The number of carbonyl (C=O) groups excluding carboxylic acids is 1. The monoisotopic (exact) mass is 367 g/mol. The van der Waals surface area contributed by atoms with E-state index < -0.39 is 5.54 Å². The van der Waals surface area contributed by atoms with Crippen LogP contribution in [-0.2, 0) is 0 Å². The third-order valence-corrected chi connectivity index (χ3v) is 4.62. The Morgan fingerprint density at radius 3 is 2.47 bits per heavy atom. The maximum atomic E-state index is 12.2. The van der Waals surface area contributed by atoms with E-state index in [0.717, 1.165) is 4.47 Å². The van der Waals surface area contributed by atoms with E-state index >= 15 is 0 Å². The van der Waals surface area contributed by atoms with Crippen LogP contribution in [0, 0.1) is 0 Å². The molecule has 0 aliphatic rings. The molecule has 19 heavy (non-hydrogen) atoms. The molecule has 0 aromatic heterocycles. The van der Waals surface area contributed by atoms with Gasteiger partial charge in [-0.05, 0) is 40.5 Å². The molecule has 1 N–H and O–H groups in total.